The smallest absolute Gasteiger partial charge is 0.128 e. The van der Waals surface area contributed by atoms with Gasteiger partial charge in [0.1, 0.15) is 11.5 Å². The zero-order chi connectivity index (χ0) is 16.1. The van der Waals surface area contributed by atoms with E-state index in [1.165, 1.54) is 5.69 Å². The summed E-state index contributed by atoms with van der Waals surface area (Å²) in [5.74, 6) is 0.771. The number of hydrogen-bond donors (Lipinski definition) is 1. The molecule has 23 heavy (non-hydrogen) atoms. The van der Waals surface area contributed by atoms with Crippen LogP contribution in [0.3, 0.4) is 0 Å². The standard InChI is InChI=1S/C18H20N2O3/c1-22-17-7-2-14(18(21)12-17)13-19-15-3-5-16(6-4-15)20-8-10-23-11-9-20/h2-7,12-13,21H,8-11H2,1H3. The third-order valence-corrected chi connectivity index (χ3v) is 3.82. The van der Waals surface area contributed by atoms with Crippen LogP contribution in [-0.2, 0) is 4.74 Å². The Morgan fingerprint density at radius 1 is 1.13 bits per heavy atom. The average molecular weight is 312 g/mol. The lowest BCUT2D eigenvalue weighted by molar-refractivity contribution is 0.122. The normalized spacial score (nSPS) is 15.1. The van der Waals surface area contributed by atoms with E-state index < -0.39 is 0 Å². The number of methoxy groups -OCH3 is 1. The van der Waals surface area contributed by atoms with Gasteiger partial charge in [-0.2, -0.15) is 0 Å². The fourth-order valence-corrected chi connectivity index (χ4v) is 2.47. The Kier molecular flexibility index (Phi) is 4.78. The highest BCUT2D eigenvalue weighted by Gasteiger charge is 2.10. The van der Waals surface area contributed by atoms with Crippen LogP contribution in [0.2, 0.25) is 0 Å². The van der Waals surface area contributed by atoms with Crippen LogP contribution in [-0.4, -0.2) is 44.7 Å². The minimum absolute atomic E-state index is 0.151. The molecule has 0 amide bonds. The number of benzene rings is 2. The van der Waals surface area contributed by atoms with Crippen molar-refractivity contribution in [3.63, 3.8) is 0 Å². The van der Waals surface area contributed by atoms with Crippen molar-refractivity contribution in [1.82, 2.24) is 0 Å². The Hall–Kier alpha value is -2.53. The quantitative estimate of drug-likeness (QED) is 0.882. The van der Waals surface area contributed by atoms with Crippen molar-refractivity contribution < 1.29 is 14.6 Å². The second kappa shape index (κ2) is 7.15. The van der Waals surface area contributed by atoms with E-state index >= 15 is 0 Å². The van der Waals surface area contributed by atoms with Crippen LogP contribution in [0.5, 0.6) is 11.5 Å². The molecular formula is C18H20N2O3. The first-order valence-electron chi connectivity index (χ1n) is 7.60. The summed E-state index contributed by atoms with van der Waals surface area (Å²) in [6.07, 6.45) is 1.65. The lowest BCUT2D eigenvalue weighted by atomic mass is 10.2. The minimum atomic E-state index is 0.151. The van der Waals surface area contributed by atoms with Crippen molar-refractivity contribution >= 4 is 17.6 Å². The number of aromatic hydroxyl groups is 1. The van der Waals surface area contributed by atoms with Gasteiger partial charge in [0.15, 0.2) is 0 Å². The molecule has 0 bridgehead atoms. The molecule has 1 aliphatic rings. The lowest BCUT2D eigenvalue weighted by Gasteiger charge is -2.28. The Balaban J connectivity index is 1.70. The van der Waals surface area contributed by atoms with Crippen LogP contribution in [0.15, 0.2) is 47.5 Å². The van der Waals surface area contributed by atoms with E-state index in [0.717, 1.165) is 32.0 Å². The third-order valence-electron chi connectivity index (χ3n) is 3.82. The topological polar surface area (TPSA) is 54.3 Å². The molecule has 0 spiro atoms. The highest BCUT2D eigenvalue weighted by atomic mass is 16.5. The van der Waals surface area contributed by atoms with E-state index in [0.29, 0.717) is 11.3 Å². The van der Waals surface area contributed by atoms with E-state index in [2.05, 4.69) is 22.0 Å². The first-order valence-corrected chi connectivity index (χ1v) is 7.60. The molecule has 5 nitrogen and oxygen atoms in total. The van der Waals surface area contributed by atoms with Crippen molar-refractivity contribution in [2.75, 3.05) is 38.3 Å². The number of ether oxygens (including phenoxy) is 2. The van der Waals surface area contributed by atoms with Gasteiger partial charge >= 0.3 is 0 Å². The molecule has 3 rings (SSSR count). The lowest BCUT2D eigenvalue weighted by Crippen LogP contribution is -2.36. The molecule has 2 aromatic rings. The summed E-state index contributed by atoms with van der Waals surface area (Å²) in [6, 6.07) is 13.2. The Labute approximate surface area is 135 Å². The summed E-state index contributed by atoms with van der Waals surface area (Å²) in [5.41, 5.74) is 2.68. The van der Waals surface area contributed by atoms with Gasteiger partial charge in [-0.15, -0.1) is 0 Å². The van der Waals surface area contributed by atoms with Gasteiger partial charge in [-0.25, -0.2) is 0 Å². The SMILES string of the molecule is COc1ccc(C=Nc2ccc(N3CCOCC3)cc2)c(O)c1. The van der Waals surface area contributed by atoms with Crippen LogP contribution in [0.4, 0.5) is 11.4 Å². The van der Waals surface area contributed by atoms with Crippen molar-refractivity contribution in [2.24, 2.45) is 4.99 Å². The van der Waals surface area contributed by atoms with Crippen LogP contribution >= 0.6 is 0 Å². The predicted octanol–water partition coefficient (Wildman–Crippen LogP) is 2.99. The van der Waals surface area contributed by atoms with Crippen molar-refractivity contribution in [2.45, 2.75) is 0 Å². The number of aliphatic imine (C=N–C) groups is 1. The minimum Gasteiger partial charge on any atom is -0.507 e. The summed E-state index contributed by atoms with van der Waals surface area (Å²) < 4.78 is 10.4. The fraction of sp³-hybridized carbons (Fsp3) is 0.278. The highest BCUT2D eigenvalue weighted by Crippen LogP contribution is 2.24. The Bertz CT molecular complexity index is 677. The molecule has 1 aliphatic heterocycles. The van der Waals surface area contributed by atoms with Crippen LogP contribution in [0.1, 0.15) is 5.56 Å². The van der Waals surface area contributed by atoms with E-state index in [4.69, 9.17) is 9.47 Å². The molecule has 5 heteroatoms. The second-order valence-electron chi connectivity index (χ2n) is 5.30. The molecule has 0 unspecified atom stereocenters. The maximum atomic E-state index is 9.93. The van der Waals surface area contributed by atoms with E-state index in [1.807, 2.05) is 12.1 Å². The number of phenolic OH excluding ortho intramolecular Hbond substituents is 1. The fourth-order valence-electron chi connectivity index (χ4n) is 2.47. The summed E-state index contributed by atoms with van der Waals surface area (Å²) in [5, 5.41) is 9.93. The van der Waals surface area contributed by atoms with Gasteiger partial charge in [0.25, 0.3) is 0 Å². The molecule has 1 heterocycles. The molecule has 1 saturated heterocycles. The number of morpholine rings is 1. The van der Waals surface area contributed by atoms with Gasteiger partial charge in [-0.3, -0.25) is 4.99 Å². The van der Waals surface area contributed by atoms with E-state index in [9.17, 15) is 5.11 Å². The summed E-state index contributed by atoms with van der Waals surface area (Å²) in [7, 11) is 1.57. The van der Waals surface area contributed by atoms with Crippen molar-refractivity contribution in [3.05, 3.63) is 48.0 Å². The molecule has 1 fully saturated rings. The molecule has 1 N–H and O–H groups in total. The zero-order valence-electron chi connectivity index (χ0n) is 13.1. The summed E-state index contributed by atoms with van der Waals surface area (Å²) in [4.78, 5) is 6.71. The molecule has 120 valence electrons. The molecule has 0 atom stereocenters. The largest absolute Gasteiger partial charge is 0.507 e. The highest BCUT2D eigenvalue weighted by molar-refractivity contribution is 5.85. The van der Waals surface area contributed by atoms with Crippen LogP contribution < -0.4 is 9.64 Å². The van der Waals surface area contributed by atoms with Gasteiger partial charge in [0, 0.05) is 36.6 Å². The van der Waals surface area contributed by atoms with E-state index in [-0.39, 0.29) is 5.75 Å². The van der Waals surface area contributed by atoms with Gasteiger partial charge in [0.2, 0.25) is 0 Å². The number of anilines is 1. The van der Waals surface area contributed by atoms with Crippen LogP contribution in [0, 0.1) is 0 Å². The first kappa shape index (κ1) is 15.4. The van der Waals surface area contributed by atoms with Gasteiger partial charge in [-0.05, 0) is 36.4 Å². The number of hydrogen-bond acceptors (Lipinski definition) is 5. The van der Waals surface area contributed by atoms with Gasteiger partial charge < -0.3 is 19.5 Å². The van der Waals surface area contributed by atoms with Crippen molar-refractivity contribution in [1.29, 1.82) is 0 Å². The van der Waals surface area contributed by atoms with Crippen molar-refractivity contribution in [3.8, 4) is 11.5 Å². The van der Waals surface area contributed by atoms with Gasteiger partial charge in [-0.1, -0.05) is 0 Å². The third kappa shape index (κ3) is 3.81. The summed E-state index contributed by atoms with van der Waals surface area (Å²) >= 11 is 0. The number of nitrogens with zero attached hydrogens (tertiary/aromatic N) is 2. The number of rotatable bonds is 4. The Morgan fingerprint density at radius 3 is 2.52 bits per heavy atom. The van der Waals surface area contributed by atoms with E-state index in [1.54, 1.807) is 31.5 Å². The molecular weight excluding hydrogens is 292 g/mol. The van der Waals surface area contributed by atoms with Gasteiger partial charge in [0.05, 0.1) is 26.0 Å². The zero-order valence-corrected chi connectivity index (χ0v) is 13.1. The molecule has 2 aromatic carbocycles. The first-order chi connectivity index (χ1) is 11.3. The monoisotopic (exact) mass is 312 g/mol. The maximum Gasteiger partial charge on any atom is 0.128 e. The molecule has 0 radical (unpaired) electrons. The maximum absolute atomic E-state index is 9.93. The predicted molar refractivity (Wildman–Crippen MR) is 91.4 cm³/mol. The number of phenols is 1. The molecule has 0 aromatic heterocycles. The molecule has 0 aliphatic carbocycles. The summed E-state index contributed by atoms with van der Waals surface area (Å²) in [6.45, 7) is 3.39. The second-order valence-corrected chi connectivity index (χ2v) is 5.30. The average Bonchev–Trinajstić information content (AvgIpc) is 2.62. The van der Waals surface area contributed by atoms with Crippen LogP contribution in [0.25, 0.3) is 0 Å². The molecule has 0 saturated carbocycles. The Morgan fingerprint density at radius 2 is 1.87 bits per heavy atom.